The maximum atomic E-state index is 3.43. The lowest BCUT2D eigenvalue weighted by atomic mass is 9.83. The van der Waals surface area contributed by atoms with E-state index < -0.39 is 0 Å². The van der Waals surface area contributed by atoms with Crippen LogP contribution in [0, 0.1) is 6.92 Å². The topological polar surface area (TPSA) is 15.3 Å². The molecule has 112 valence electrons. The number of aryl methyl sites for hydroxylation is 1. The molecule has 0 bridgehead atoms. The van der Waals surface area contributed by atoms with Crippen LogP contribution in [0.2, 0.25) is 0 Å². The summed E-state index contributed by atoms with van der Waals surface area (Å²) in [6.07, 6.45) is 0. The summed E-state index contributed by atoms with van der Waals surface area (Å²) < 4.78 is 0. The highest BCUT2D eigenvalue weighted by molar-refractivity contribution is 5.36. The third kappa shape index (κ3) is 3.83. The average Bonchev–Trinajstić information content (AvgIpc) is 2.39. The predicted molar refractivity (Wildman–Crippen MR) is 87.6 cm³/mol. The van der Waals surface area contributed by atoms with Gasteiger partial charge in [-0.05, 0) is 34.9 Å². The lowest BCUT2D eigenvalue weighted by Gasteiger charge is -2.31. The average molecular weight is 274 g/mol. The van der Waals surface area contributed by atoms with Crippen molar-refractivity contribution in [1.29, 1.82) is 0 Å². The molecule has 1 N–H and O–H groups in total. The highest BCUT2D eigenvalue weighted by Gasteiger charge is 2.19. The van der Waals surface area contributed by atoms with E-state index in [1.54, 1.807) is 0 Å². The summed E-state index contributed by atoms with van der Waals surface area (Å²) >= 11 is 0. The van der Waals surface area contributed by atoms with E-state index in [1.165, 1.54) is 36.3 Å². The van der Waals surface area contributed by atoms with Crippen molar-refractivity contribution in [2.45, 2.75) is 46.0 Å². The van der Waals surface area contributed by atoms with Crippen LogP contribution >= 0.6 is 0 Å². The highest BCUT2D eigenvalue weighted by Crippen LogP contribution is 2.28. The van der Waals surface area contributed by atoms with E-state index in [1.807, 2.05) is 0 Å². The zero-order chi connectivity index (χ0) is 14.8. The SMILES string of the molecule is Cc1ccc(C(C)(C)C)cc1C(C)CN1CCNCC1. The Labute approximate surface area is 124 Å². The van der Waals surface area contributed by atoms with Crippen molar-refractivity contribution in [3.63, 3.8) is 0 Å². The standard InChI is InChI=1S/C18H30N2/c1-14-6-7-16(18(3,4)5)12-17(14)15(2)13-20-10-8-19-9-11-20/h6-7,12,15,19H,8-11,13H2,1-5H3. The van der Waals surface area contributed by atoms with Gasteiger partial charge in [0.1, 0.15) is 0 Å². The number of hydrogen-bond donors (Lipinski definition) is 1. The maximum absolute atomic E-state index is 3.43. The molecule has 0 saturated carbocycles. The van der Waals surface area contributed by atoms with Crippen LogP contribution in [-0.2, 0) is 5.41 Å². The quantitative estimate of drug-likeness (QED) is 0.910. The van der Waals surface area contributed by atoms with E-state index in [0.717, 1.165) is 13.1 Å². The van der Waals surface area contributed by atoms with Crippen LogP contribution in [-0.4, -0.2) is 37.6 Å². The Kier molecular flexibility index (Phi) is 4.87. The fraction of sp³-hybridized carbons (Fsp3) is 0.667. The van der Waals surface area contributed by atoms with E-state index >= 15 is 0 Å². The molecule has 0 aliphatic carbocycles. The van der Waals surface area contributed by atoms with E-state index in [4.69, 9.17) is 0 Å². The van der Waals surface area contributed by atoms with E-state index in [9.17, 15) is 0 Å². The Morgan fingerprint density at radius 3 is 2.45 bits per heavy atom. The van der Waals surface area contributed by atoms with Gasteiger partial charge in [0.25, 0.3) is 0 Å². The number of nitrogens with zero attached hydrogens (tertiary/aromatic N) is 1. The van der Waals surface area contributed by atoms with Gasteiger partial charge in [0.15, 0.2) is 0 Å². The Hall–Kier alpha value is -0.860. The smallest absolute Gasteiger partial charge is 0.0108 e. The number of benzene rings is 1. The summed E-state index contributed by atoms with van der Waals surface area (Å²) in [4.78, 5) is 2.59. The highest BCUT2D eigenvalue weighted by atomic mass is 15.2. The monoisotopic (exact) mass is 274 g/mol. The van der Waals surface area contributed by atoms with Gasteiger partial charge in [-0.1, -0.05) is 45.9 Å². The number of rotatable bonds is 3. The number of piperazine rings is 1. The van der Waals surface area contributed by atoms with E-state index in [-0.39, 0.29) is 5.41 Å². The Morgan fingerprint density at radius 1 is 1.20 bits per heavy atom. The second kappa shape index (κ2) is 6.28. The van der Waals surface area contributed by atoms with Gasteiger partial charge >= 0.3 is 0 Å². The fourth-order valence-corrected chi connectivity index (χ4v) is 3.02. The first-order chi connectivity index (χ1) is 9.38. The second-order valence-electron chi connectivity index (χ2n) is 7.27. The van der Waals surface area contributed by atoms with Crippen molar-refractivity contribution in [3.05, 3.63) is 34.9 Å². The van der Waals surface area contributed by atoms with Crippen LogP contribution in [0.25, 0.3) is 0 Å². The van der Waals surface area contributed by atoms with Gasteiger partial charge in [-0.15, -0.1) is 0 Å². The first kappa shape index (κ1) is 15.5. The van der Waals surface area contributed by atoms with Crippen LogP contribution in [0.5, 0.6) is 0 Å². The molecule has 1 unspecified atom stereocenters. The molecule has 1 aromatic rings. The molecule has 0 aromatic heterocycles. The van der Waals surface area contributed by atoms with Crippen LogP contribution < -0.4 is 5.32 Å². The van der Waals surface area contributed by atoms with Gasteiger partial charge in [0.05, 0.1) is 0 Å². The van der Waals surface area contributed by atoms with E-state index in [2.05, 4.69) is 63.0 Å². The molecule has 2 rings (SSSR count). The summed E-state index contributed by atoms with van der Waals surface area (Å²) in [6.45, 7) is 17.3. The van der Waals surface area contributed by atoms with Crippen molar-refractivity contribution in [3.8, 4) is 0 Å². The molecule has 1 aliphatic rings. The molecule has 1 atom stereocenters. The second-order valence-corrected chi connectivity index (χ2v) is 7.27. The van der Waals surface area contributed by atoms with E-state index in [0.29, 0.717) is 5.92 Å². The van der Waals surface area contributed by atoms with Crippen molar-refractivity contribution in [2.24, 2.45) is 0 Å². The van der Waals surface area contributed by atoms with Crippen molar-refractivity contribution in [2.75, 3.05) is 32.7 Å². The Balaban J connectivity index is 2.13. The first-order valence-electron chi connectivity index (χ1n) is 7.92. The molecule has 0 amide bonds. The number of hydrogen-bond acceptors (Lipinski definition) is 2. The summed E-state index contributed by atoms with van der Waals surface area (Å²) in [7, 11) is 0. The van der Waals surface area contributed by atoms with Crippen molar-refractivity contribution in [1.82, 2.24) is 10.2 Å². The molecule has 2 heteroatoms. The van der Waals surface area contributed by atoms with Crippen LogP contribution in [0.3, 0.4) is 0 Å². The normalized spacial score (nSPS) is 19.1. The molecule has 1 fully saturated rings. The molecule has 2 nitrogen and oxygen atoms in total. The Bertz CT molecular complexity index is 439. The molecule has 1 saturated heterocycles. The minimum atomic E-state index is 0.233. The molecule has 0 radical (unpaired) electrons. The van der Waals surface area contributed by atoms with Gasteiger partial charge in [0.2, 0.25) is 0 Å². The third-order valence-electron chi connectivity index (χ3n) is 4.42. The van der Waals surface area contributed by atoms with Gasteiger partial charge in [-0.25, -0.2) is 0 Å². The first-order valence-corrected chi connectivity index (χ1v) is 7.92. The molecule has 1 heterocycles. The van der Waals surface area contributed by atoms with Crippen LogP contribution in [0.4, 0.5) is 0 Å². The van der Waals surface area contributed by atoms with Gasteiger partial charge in [0, 0.05) is 32.7 Å². The molecule has 1 aromatic carbocycles. The van der Waals surface area contributed by atoms with Crippen molar-refractivity contribution >= 4 is 0 Å². The van der Waals surface area contributed by atoms with Gasteiger partial charge in [-0.3, -0.25) is 0 Å². The molecular formula is C18H30N2. The summed E-state index contributed by atoms with van der Waals surface area (Å²) in [5.41, 5.74) is 4.64. The molecule has 1 aliphatic heterocycles. The Morgan fingerprint density at radius 2 is 1.85 bits per heavy atom. The minimum Gasteiger partial charge on any atom is -0.314 e. The summed E-state index contributed by atoms with van der Waals surface area (Å²) in [5.74, 6) is 0.607. The van der Waals surface area contributed by atoms with Crippen LogP contribution in [0.15, 0.2) is 18.2 Å². The summed E-state index contributed by atoms with van der Waals surface area (Å²) in [6, 6.07) is 7.02. The zero-order valence-electron chi connectivity index (χ0n) is 13.8. The minimum absolute atomic E-state index is 0.233. The molecular weight excluding hydrogens is 244 g/mol. The number of nitrogens with one attached hydrogen (secondary N) is 1. The lowest BCUT2D eigenvalue weighted by Crippen LogP contribution is -2.44. The summed E-state index contributed by atoms with van der Waals surface area (Å²) in [5, 5.41) is 3.43. The predicted octanol–water partition coefficient (Wildman–Crippen LogP) is 3.30. The fourth-order valence-electron chi connectivity index (χ4n) is 3.02. The zero-order valence-corrected chi connectivity index (χ0v) is 13.8. The maximum Gasteiger partial charge on any atom is 0.0108 e. The van der Waals surface area contributed by atoms with Gasteiger partial charge in [-0.2, -0.15) is 0 Å². The lowest BCUT2D eigenvalue weighted by molar-refractivity contribution is 0.230. The van der Waals surface area contributed by atoms with Crippen molar-refractivity contribution < 1.29 is 0 Å². The van der Waals surface area contributed by atoms with Gasteiger partial charge < -0.3 is 10.2 Å². The third-order valence-corrected chi connectivity index (χ3v) is 4.42. The van der Waals surface area contributed by atoms with Crippen LogP contribution in [0.1, 0.15) is 50.3 Å². The molecule has 0 spiro atoms. The molecule has 20 heavy (non-hydrogen) atoms. The largest absolute Gasteiger partial charge is 0.314 e.